The largest absolute Gasteiger partial charge is 0.460 e. The number of rotatable bonds is 3. The Kier molecular flexibility index (Phi) is 5.58. The molecule has 3 nitrogen and oxygen atoms in total. The molecule has 0 radical (unpaired) electrons. The van der Waals surface area contributed by atoms with Gasteiger partial charge in [0.2, 0.25) is 4.84 Å². The number of Topliss-reactive ketones (excluding diaryl/α,β-unsaturated/α-hetero) is 1. The molecule has 0 spiro atoms. The Bertz CT molecular complexity index is 650. The van der Waals surface area contributed by atoms with Gasteiger partial charge in [-0.25, -0.2) is 4.79 Å². The van der Waals surface area contributed by atoms with Gasteiger partial charge in [0.1, 0.15) is 11.9 Å². The Hall–Kier alpha value is -0.280. The summed E-state index contributed by atoms with van der Waals surface area (Å²) >= 11 is 11.7. The van der Waals surface area contributed by atoms with Crippen LogP contribution in [0.3, 0.4) is 0 Å². The van der Waals surface area contributed by atoms with Gasteiger partial charge in [-0.2, -0.15) is 0 Å². The summed E-state index contributed by atoms with van der Waals surface area (Å²) in [5, 5.41) is 0. The van der Waals surface area contributed by atoms with Crippen molar-refractivity contribution in [2.24, 2.45) is 40.4 Å². The summed E-state index contributed by atoms with van der Waals surface area (Å²) in [7, 11) is 0. The fourth-order valence-corrected chi connectivity index (χ4v) is 8.46. The van der Waals surface area contributed by atoms with Gasteiger partial charge in [0.15, 0.2) is 0 Å². The second-order valence-corrected chi connectivity index (χ2v) is 11.6. The van der Waals surface area contributed by atoms with Crippen LogP contribution in [0.5, 0.6) is 0 Å². The molecule has 0 amide bonds. The van der Waals surface area contributed by atoms with Gasteiger partial charge in [-0.3, -0.25) is 4.79 Å². The molecule has 0 aliphatic heterocycles. The van der Waals surface area contributed by atoms with E-state index < -0.39 is 10.8 Å². The quantitative estimate of drug-likeness (QED) is 0.411. The highest BCUT2D eigenvalue weighted by atomic mass is 35.5. The third-order valence-electron chi connectivity index (χ3n) is 9.43. The number of carbonyl (C=O) groups excluding carboxylic acids is 2. The van der Waals surface area contributed by atoms with Crippen LogP contribution >= 0.6 is 23.2 Å². The maximum absolute atomic E-state index is 12.4. The smallest absolute Gasteiger partial charge is 0.339 e. The molecule has 4 aliphatic rings. The van der Waals surface area contributed by atoms with E-state index in [1.54, 1.807) is 6.92 Å². The van der Waals surface area contributed by atoms with Crippen LogP contribution in [-0.2, 0) is 14.3 Å². The molecule has 0 bridgehead atoms. The summed E-state index contributed by atoms with van der Waals surface area (Å²) in [4.78, 5) is 23.7. The lowest BCUT2D eigenvalue weighted by Crippen LogP contribution is -2.59. The minimum Gasteiger partial charge on any atom is -0.460 e. The van der Waals surface area contributed by atoms with Crippen LogP contribution in [0.15, 0.2) is 0 Å². The molecule has 5 heteroatoms. The highest BCUT2D eigenvalue weighted by molar-refractivity contribution is 6.52. The third kappa shape index (κ3) is 3.14. The summed E-state index contributed by atoms with van der Waals surface area (Å²) in [5.74, 6) is 2.03. The minimum absolute atomic E-state index is 0.0794. The monoisotopic (exact) mass is 428 g/mol. The molecule has 4 aliphatic carbocycles. The van der Waals surface area contributed by atoms with E-state index in [1.807, 2.05) is 0 Å². The molecule has 28 heavy (non-hydrogen) atoms. The zero-order valence-electron chi connectivity index (χ0n) is 17.4. The molecule has 4 fully saturated rings. The Morgan fingerprint density at radius 3 is 2.43 bits per heavy atom. The number of halogens is 2. The maximum atomic E-state index is 12.4. The number of alkyl halides is 2. The molecule has 8 atom stereocenters. The molecule has 0 aromatic rings. The van der Waals surface area contributed by atoms with Gasteiger partial charge in [-0.1, -0.05) is 49.9 Å². The average molecular weight is 429 g/mol. The van der Waals surface area contributed by atoms with Crippen molar-refractivity contribution in [3.8, 4) is 0 Å². The van der Waals surface area contributed by atoms with E-state index in [0.717, 1.165) is 25.2 Å². The number of ether oxygens (including phenoxy) is 1. The molecular weight excluding hydrogens is 395 g/mol. The van der Waals surface area contributed by atoms with Crippen LogP contribution < -0.4 is 0 Å². The first-order valence-corrected chi connectivity index (χ1v) is 12.0. The van der Waals surface area contributed by atoms with Crippen molar-refractivity contribution in [3.05, 3.63) is 0 Å². The number of hydrogen-bond donors (Lipinski definition) is 0. The van der Waals surface area contributed by atoms with E-state index in [1.165, 1.54) is 38.5 Å². The van der Waals surface area contributed by atoms with Crippen molar-refractivity contribution in [1.29, 1.82) is 0 Å². The second-order valence-electron chi connectivity index (χ2n) is 10.5. The fraction of sp³-hybridized carbons (Fsp3) is 0.913. The van der Waals surface area contributed by atoms with Crippen molar-refractivity contribution in [2.45, 2.75) is 89.5 Å². The van der Waals surface area contributed by atoms with Crippen molar-refractivity contribution >= 4 is 35.0 Å². The summed E-state index contributed by atoms with van der Waals surface area (Å²) in [6.07, 6.45) is 10.3. The van der Waals surface area contributed by atoms with Gasteiger partial charge >= 0.3 is 5.97 Å². The van der Waals surface area contributed by atoms with Crippen LogP contribution in [0.2, 0.25) is 0 Å². The molecule has 0 aromatic heterocycles. The van der Waals surface area contributed by atoms with Gasteiger partial charge in [-0.15, -0.1) is 0 Å². The topological polar surface area (TPSA) is 43.4 Å². The number of ketones is 1. The second kappa shape index (κ2) is 7.45. The molecular formula is C23H34Cl2O3. The van der Waals surface area contributed by atoms with Crippen LogP contribution in [0.1, 0.15) is 78.6 Å². The Morgan fingerprint density at radius 1 is 1.00 bits per heavy atom. The lowest BCUT2D eigenvalue weighted by molar-refractivity contribution is -0.193. The van der Waals surface area contributed by atoms with Crippen molar-refractivity contribution in [2.75, 3.05) is 0 Å². The van der Waals surface area contributed by atoms with Gasteiger partial charge in [0.25, 0.3) is 0 Å². The maximum Gasteiger partial charge on any atom is 0.339 e. The predicted octanol–water partition coefficient (Wildman–Crippen LogP) is 5.95. The predicted molar refractivity (Wildman–Crippen MR) is 111 cm³/mol. The highest BCUT2D eigenvalue weighted by Crippen LogP contribution is 2.68. The Labute approximate surface area is 179 Å². The van der Waals surface area contributed by atoms with Gasteiger partial charge in [0.05, 0.1) is 0 Å². The molecule has 4 rings (SSSR count). The number of fused-ring (bicyclic) bond motifs is 5. The standard InChI is InChI=1S/C23H34Cl2O3/c1-13(26)16-9-10-17-15-8-7-14-6-4-5-11-22(14,2)19(15)18(12-23(16,17)3)28-21(27)20(24)25/h14-20H,4-12H2,1-3H3/t14-,15+,16-,17+,18+,19-,22+,23-/m1/s1. The first kappa shape index (κ1) is 21.0. The van der Waals surface area contributed by atoms with E-state index >= 15 is 0 Å². The van der Waals surface area contributed by atoms with Gasteiger partial charge in [-0.05, 0) is 80.5 Å². The fourth-order valence-electron chi connectivity index (χ4n) is 8.36. The lowest BCUT2D eigenvalue weighted by Gasteiger charge is -2.62. The van der Waals surface area contributed by atoms with Crippen molar-refractivity contribution < 1.29 is 14.3 Å². The highest BCUT2D eigenvalue weighted by Gasteiger charge is 2.64. The molecule has 0 saturated heterocycles. The van der Waals surface area contributed by atoms with E-state index in [4.69, 9.17) is 27.9 Å². The first-order chi connectivity index (χ1) is 13.2. The Balaban J connectivity index is 1.72. The van der Waals surface area contributed by atoms with Crippen molar-refractivity contribution in [1.82, 2.24) is 0 Å². The molecule has 0 heterocycles. The third-order valence-corrected chi connectivity index (χ3v) is 9.78. The van der Waals surface area contributed by atoms with E-state index in [0.29, 0.717) is 23.5 Å². The van der Waals surface area contributed by atoms with Crippen LogP contribution in [0.4, 0.5) is 0 Å². The minimum atomic E-state index is -1.14. The normalized spacial score (nSPS) is 47.8. The lowest BCUT2D eigenvalue weighted by atomic mass is 9.44. The summed E-state index contributed by atoms with van der Waals surface area (Å²) in [6.45, 7) is 6.47. The summed E-state index contributed by atoms with van der Waals surface area (Å²) < 4.78 is 6.02. The SMILES string of the molecule is CC(=O)[C@H]1CC[C@H]2[C@@H]3CC[C@H]4CCCC[C@]4(C)[C@H]3[C@@H](OC(=O)C(Cl)Cl)C[C@]12C. The molecule has 0 unspecified atom stereocenters. The summed E-state index contributed by atoms with van der Waals surface area (Å²) in [5.41, 5.74) is 0.139. The van der Waals surface area contributed by atoms with Crippen molar-refractivity contribution in [3.63, 3.8) is 0 Å². The average Bonchev–Trinajstić information content (AvgIpc) is 2.97. The van der Waals surface area contributed by atoms with Crippen LogP contribution in [0, 0.1) is 40.4 Å². The zero-order valence-corrected chi connectivity index (χ0v) is 18.9. The number of carbonyl (C=O) groups is 2. The first-order valence-electron chi connectivity index (χ1n) is 11.2. The molecule has 158 valence electrons. The zero-order chi connectivity index (χ0) is 20.3. The van der Waals surface area contributed by atoms with Crippen LogP contribution in [-0.4, -0.2) is 22.7 Å². The number of esters is 1. The van der Waals surface area contributed by atoms with E-state index in [2.05, 4.69) is 13.8 Å². The van der Waals surface area contributed by atoms with Gasteiger partial charge < -0.3 is 4.74 Å². The summed E-state index contributed by atoms with van der Waals surface area (Å²) in [6, 6.07) is 0. The van der Waals surface area contributed by atoms with Crippen LogP contribution in [0.25, 0.3) is 0 Å². The molecule has 4 saturated carbocycles. The molecule has 0 N–H and O–H groups in total. The number of hydrogen-bond acceptors (Lipinski definition) is 3. The van der Waals surface area contributed by atoms with E-state index in [-0.39, 0.29) is 22.9 Å². The van der Waals surface area contributed by atoms with Gasteiger partial charge in [0, 0.05) is 11.8 Å². The molecule has 0 aromatic carbocycles. The Morgan fingerprint density at radius 2 is 1.75 bits per heavy atom. The van der Waals surface area contributed by atoms with E-state index in [9.17, 15) is 9.59 Å².